The first kappa shape index (κ1) is 17.2. The predicted octanol–water partition coefficient (Wildman–Crippen LogP) is 3.36. The summed E-state index contributed by atoms with van der Waals surface area (Å²) in [6, 6.07) is 10.7. The molecule has 0 aliphatic heterocycles. The van der Waals surface area contributed by atoms with Crippen LogP contribution in [-0.2, 0) is 6.54 Å². The molecule has 2 aromatic rings. The van der Waals surface area contributed by atoms with Gasteiger partial charge in [-0.25, -0.2) is 0 Å². The van der Waals surface area contributed by atoms with Crippen molar-refractivity contribution in [1.82, 2.24) is 10.2 Å². The molecule has 0 fully saturated rings. The van der Waals surface area contributed by atoms with Crippen molar-refractivity contribution in [2.45, 2.75) is 26.4 Å². The molecule has 0 bridgehead atoms. The minimum Gasteiger partial charge on any atom is -0.468 e. The molecule has 1 N–H and O–H groups in total. The number of benzene rings is 1. The van der Waals surface area contributed by atoms with Crippen LogP contribution in [0, 0.1) is 10.1 Å². The van der Waals surface area contributed by atoms with Gasteiger partial charge in [-0.15, -0.1) is 0 Å². The molecule has 0 radical (unpaired) electrons. The zero-order valence-electron chi connectivity index (χ0n) is 13.6. The number of nitrogens with one attached hydrogen (secondary N) is 1. The number of furan rings is 1. The Morgan fingerprint density at radius 1 is 1.22 bits per heavy atom. The van der Waals surface area contributed by atoms with Crippen LogP contribution in [0.25, 0.3) is 0 Å². The van der Waals surface area contributed by atoms with Gasteiger partial charge in [-0.05, 0) is 30.8 Å². The lowest BCUT2D eigenvalue weighted by atomic mass is 10.1. The second-order valence-electron chi connectivity index (χ2n) is 5.31. The first-order valence-corrected chi connectivity index (χ1v) is 7.87. The fraction of sp³-hybridized carbons (Fsp3) is 0.412. The third kappa shape index (κ3) is 4.64. The Kier molecular flexibility index (Phi) is 6.31. The van der Waals surface area contributed by atoms with Gasteiger partial charge < -0.3 is 9.73 Å². The summed E-state index contributed by atoms with van der Waals surface area (Å²) < 4.78 is 5.57. The van der Waals surface area contributed by atoms with Crippen LogP contribution in [0.5, 0.6) is 0 Å². The van der Waals surface area contributed by atoms with Gasteiger partial charge in [0.2, 0.25) is 0 Å². The van der Waals surface area contributed by atoms with Crippen LogP contribution in [0.2, 0.25) is 0 Å². The SMILES string of the molecule is CCN(CC)C(CNCc1ccc([N+](=O)[O-])cc1)c1ccco1. The summed E-state index contributed by atoms with van der Waals surface area (Å²) in [4.78, 5) is 12.6. The maximum Gasteiger partial charge on any atom is 0.269 e. The lowest BCUT2D eigenvalue weighted by Crippen LogP contribution is -2.35. The average Bonchev–Trinajstić information content (AvgIpc) is 3.09. The molecule has 0 aliphatic carbocycles. The van der Waals surface area contributed by atoms with Crippen LogP contribution in [0.1, 0.15) is 31.2 Å². The molecule has 0 saturated carbocycles. The fourth-order valence-electron chi connectivity index (χ4n) is 2.64. The fourth-order valence-corrected chi connectivity index (χ4v) is 2.64. The van der Waals surface area contributed by atoms with Crippen molar-refractivity contribution in [2.24, 2.45) is 0 Å². The second kappa shape index (κ2) is 8.45. The van der Waals surface area contributed by atoms with E-state index in [9.17, 15) is 10.1 Å². The molecule has 1 heterocycles. The summed E-state index contributed by atoms with van der Waals surface area (Å²) in [6.07, 6.45) is 1.70. The van der Waals surface area contributed by atoms with Crippen LogP contribution < -0.4 is 5.32 Å². The maximum absolute atomic E-state index is 10.7. The highest BCUT2D eigenvalue weighted by Gasteiger charge is 2.19. The smallest absolute Gasteiger partial charge is 0.269 e. The molecular formula is C17H23N3O3. The molecule has 1 aromatic carbocycles. The Bertz CT molecular complexity index is 592. The highest BCUT2D eigenvalue weighted by Crippen LogP contribution is 2.20. The van der Waals surface area contributed by atoms with Gasteiger partial charge in [0.15, 0.2) is 0 Å². The molecule has 1 aromatic heterocycles. The van der Waals surface area contributed by atoms with Gasteiger partial charge in [0.05, 0.1) is 17.2 Å². The van der Waals surface area contributed by atoms with E-state index < -0.39 is 0 Å². The zero-order chi connectivity index (χ0) is 16.7. The van der Waals surface area contributed by atoms with Crippen LogP contribution >= 0.6 is 0 Å². The van der Waals surface area contributed by atoms with E-state index in [0.717, 1.165) is 31.0 Å². The molecule has 2 rings (SSSR count). The largest absolute Gasteiger partial charge is 0.468 e. The third-order valence-corrected chi connectivity index (χ3v) is 3.94. The standard InChI is InChI=1S/C17H23N3O3/c1-3-19(4-2)16(17-6-5-11-23-17)13-18-12-14-7-9-15(10-8-14)20(21)22/h5-11,16,18H,3-4,12-13H2,1-2H3. The number of rotatable bonds is 9. The van der Waals surface area contributed by atoms with Crippen molar-refractivity contribution < 1.29 is 9.34 Å². The molecule has 0 spiro atoms. The summed E-state index contributed by atoms with van der Waals surface area (Å²) in [5.41, 5.74) is 1.14. The van der Waals surface area contributed by atoms with Crippen molar-refractivity contribution in [3.63, 3.8) is 0 Å². The van der Waals surface area contributed by atoms with Gasteiger partial charge in [-0.3, -0.25) is 15.0 Å². The van der Waals surface area contributed by atoms with Gasteiger partial charge in [0.1, 0.15) is 5.76 Å². The first-order valence-electron chi connectivity index (χ1n) is 7.87. The number of hydrogen-bond donors (Lipinski definition) is 1. The van der Waals surface area contributed by atoms with Crippen molar-refractivity contribution in [2.75, 3.05) is 19.6 Å². The molecule has 0 aliphatic rings. The molecule has 6 heteroatoms. The van der Waals surface area contributed by atoms with Crippen LogP contribution in [0.15, 0.2) is 47.1 Å². The van der Waals surface area contributed by atoms with Crippen LogP contribution in [0.3, 0.4) is 0 Å². The highest BCUT2D eigenvalue weighted by molar-refractivity contribution is 5.32. The number of nitrogens with zero attached hydrogens (tertiary/aromatic N) is 2. The van der Waals surface area contributed by atoms with Crippen molar-refractivity contribution in [1.29, 1.82) is 0 Å². The highest BCUT2D eigenvalue weighted by atomic mass is 16.6. The van der Waals surface area contributed by atoms with Crippen molar-refractivity contribution in [3.05, 3.63) is 64.1 Å². The van der Waals surface area contributed by atoms with Crippen LogP contribution in [0.4, 0.5) is 5.69 Å². The monoisotopic (exact) mass is 317 g/mol. The lowest BCUT2D eigenvalue weighted by molar-refractivity contribution is -0.384. The minimum absolute atomic E-state index is 0.116. The molecule has 6 nitrogen and oxygen atoms in total. The van der Waals surface area contributed by atoms with E-state index in [-0.39, 0.29) is 16.7 Å². The Morgan fingerprint density at radius 3 is 2.43 bits per heavy atom. The third-order valence-electron chi connectivity index (χ3n) is 3.94. The Morgan fingerprint density at radius 2 is 1.91 bits per heavy atom. The molecule has 0 saturated heterocycles. The molecule has 0 amide bonds. The average molecular weight is 317 g/mol. The van der Waals surface area contributed by atoms with E-state index in [1.165, 1.54) is 12.1 Å². The van der Waals surface area contributed by atoms with Gasteiger partial charge >= 0.3 is 0 Å². The van der Waals surface area contributed by atoms with Crippen molar-refractivity contribution >= 4 is 5.69 Å². The summed E-state index contributed by atoms with van der Waals surface area (Å²) in [5, 5.41) is 14.1. The van der Waals surface area contributed by atoms with E-state index in [1.54, 1.807) is 18.4 Å². The van der Waals surface area contributed by atoms with E-state index in [2.05, 4.69) is 24.1 Å². The number of nitro groups is 1. The van der Waals surface area contributed by atoms with Gasteiger partial charge in [-0.2, -0.15) is 0 Å². The summed E-state index contributed by atoms with van der Waals surface area (Å²) in [6.45, 7) is 7.58. The number of likely N-dealkylation sites (N-methyl/N-ethyl adjacent to an activating group) is 1. The summed E-state index contributed by atoms with van der Waals surface area (Å²) in [7, 11) is 0. The summed E-state index contributed by atoms with van der Waals surface area (Å²) >= 11 is 0. The van der Waals surface area contributed by atoms with E-state index in [4.69, 9.17) is 4.42 Å². The quantitative estimate of drug-likeness (QED) is 0.567. The number of non-ortho nitro benzene ring substituents is 1. The van der Waals surface area contributed by atoms with Crippen LogP contribution in [-0.4, -0.2) is 29.5 Å². The van der Waals surface area contributed by atoms with Gasteiger partial charge in [-0.1, -0.05) is 26.0 Å². The Labute approximate surface area is 136 Å². The molecule has 1 atom stereocenters. The number of hydrogen-bond acceptors (Lipinski definition) is 5. The minimum atomic E-state index is -0.384. The first-order chi connectivity index (χ1) is 11.2. The molecule has 1 unspecified atom stereocenters. The lowest BCUT2D eigenvalue weighted by Gasteiger charge is -2.28. The van der Waals surface area contributed by atoms with E-state index >= 15 is 0 Å². The van der Waals surface area contributed by atoms with E-state index in [0.29, 0.717) is 6.54 Å². The second-order valence-corrected chi connectivity index (χ2v) is 5.31. The van der Waals surface area contributed by atoms with Crippen molar-refractivity contribution in [3.8, 4) is 0 Å². The predicted molar refractivity (Wildman–Crippen MR) is 89.2 cm³/mol. The topological polar surface area (TPSA) is 71.5 Å². The molecule has 124 valence electrons. The Hall–Kier alpha value is -2.18. The zero-order valence-corrected chi connectivity index (χ0v) is 13.6. The summed E-state index contributed by atoms with van der Waals surface area (Å²) in [5.74, 6) is 0.949. The maximum atomic E-state index is 10.7. The molecule has 23 heavy (non-hydrogen) atoms. The number of nitro benzene ring substituents is 1. The normalized spacial score (nSPS) is 12.5. The molecular weight excluding hydrogens is 294 g/mol. The Balaban J connectivity index is 1.94. The van der Waals surface area contributed by atoms with Gasteiger partial charge in [0.25, 0.3) is 5.69 Å². The van der Waals surface area contributed by atoms with E-state index in [1.807, 2.05) is 12.1 Å². The van der Waals surface area contributed by atoms with Gasteiger partial charge in [0, 0.05) is 25.2 Å².